The van der Waals surface area contributed by atoms with Crippen molar-refractivity contribution in [3.05, 3.63) is 65.5 Å². The van der Waals surface area contributed by atoms with Crippen LogP contribution in [0, 0.1) is 5.82 Å². The van der Waals surface area contributed by atoms with E-state index in [1.54, 1.807) is 36.4 Å². The number of carbonyl (C=O) groups is 2. The van der Waals surface area contributed by atoms with Gasteiger partial charge in [0.1, 0.15) is 12.4 Å². The van der Waals surface area contributed by atoms with E-state index in [0.717, 1.165) is 16.9 Å². The zero-order chi connectivity index (χ0) is 18.9. The van der Waals surface area contributed by atoms with Crippen LogP contribution in [0.4, 0.5) is 10.1 Å². The van der Waals surface area contributed by atoms with Crippen molar-refractivity contribution in [1.29, 1.82) is 0 Å². The smallest absolute Gasteiger partial charge is 0.338 e. The van der Waals surface area contributed by atoms with Gasteiger partial charge in [-0.25, -0.2) is 9.18 Å². The van der Waals surface area contributed by atoms with Crippen molar-refractivity contribution in [3.8, 4) is 0 Å². The molecule has 0 heterocycles. The molecule has 1 amide bonds. The zero-order valence-corrected chi connectivity index (χ0v) is 15.0. The summed E-state index contributed by atoms with van der Waals surface area (Å²) < 4.78 is 18.0. The number of quaternary nitrogens is 1. The maximum absolute atomic E-state index is 12.9. The number of likely N-dealkylation sites (N-methyl/N-ethyl adjacent to an activating group) is 1. The van der Waals surface area contributed by atoms with Crippen molar-refractivity contribution < 1.29 is 23.6 Å². The number of halogens is 1. The first kappa shape index (κ1) is 19.6. The molecular formula is C20H24FN2O3+. The third-order valence-electron chi connectivity index (χ3n) is 3.72. The van der Waals surface area contributed by atoms with Crippen molar-refractivity contribution in [2.24, 2.45) is 0 Å². The van der Waals surface area contributed by atoms with Gasteiger partial charge in [-0.2, -0.15) is 0 Å². The number of nitrogens with one attached hydrogen (secondary N) is 2. The molecule has 2 aromatic carbocycles. The molecule has 2 rings (SSSR count). The summed E-state index contributed by atoms with van der Waals surface area (Å²) in [5, 5.41) is 2.81. The minimum absolute atomic E-state index is 0.133. The second kappa shape index (κ2) is 9.68. The highest BCUT2D eigenvalue weighted by Crippen LogP contribution is 2.10. The molecule has 0 aliphatic carbocycles. The molecule has 0 aromatic heterocycles. The number of benzene rings is 2. The van der Waals surface area contributed by atoms with Crippen LogP contribution in [0.5, 0.6) is 0 Å². The fourth-order valence-corrected chi connectivity index (χ4v) is 2.46. The topological polar surface area (TPSA) is 59.8 Å². The summed E-state index contributed by atoms with van der Waals surface area (Å²) in [6.45, 7) is 3.22. The van der Waals surface area contributed by atoms with Gasteiger partial charge in [-0.3, -0.25) is 4.79 Å². The van der Waals surface area contributed by atoms with Crippen molar-refractivity contribution >= 4 is 17.6 Å². The van der Waals surface area contributed by atoms with Gasteiger partial charge in [-0.15, -0.1) is 0 Å². The second-order valence-electron chi connectivity index (χ2n) is 6.20. The van der Waals surface area contributed by atoms with Crippen molar-refractivity contribution in [3.63, 3.8) is 0 Å². The summed E-state index contributed by atoms with van der Waals surface area (Å²) in [4.78, 5) is 24.9. The fourth-order valence-electron chi connectivity index (χ4n) is 2.46. The van der Waals surface area contributed by atoms with Gasteiger partial charge in [0.25, 0.3) is 5.91 Å². The highest BCUT2D eigenvalue weighted by molar-refractivity contribution is 5.93. The van der Waals surface area contributed by atoms with Crippen LogP contribution in [-0.4, -0.2) is 32.1 Å². The zero-order valence-electron chi connectivity index (χ0n) is 15.0. The molecule has 5 nitrogen and oxygen atoms in total. The maximum Gasteiger partial charge on any atom is 0.338 e. The van der Waals surface area contributed by atoms with E-state index in [1.165, 1.54) is 12.1 Å². The highest BCUT2D eigenvalue weighted by atomic mass is 19.1. The first-order chi connectivity index (χ1) is 12.5. The van der Waals surface area contributed by atoms with Crippen LogP contribution in [-0.2, 0) is 16.1 Å². The summed E-state index contributed by atoms with van der Waals surface area (Å²) in [5.74, 6) is -0.773. The minimum atomic E-state index is -0.367. The normalized spacial score (nSPS) is 11.7. The first-order valence-electron chi connectivity index (χ1n) is 8.60. The van der Waals surface area contributed by atoms with E-state index in [0.29, 0.717) is 24.4 Å². The van der Waals surface area contributed by atoms with E-state index in [-0.39, 0.29) is 24.2 Å². The standard InChI is InChI=1S/C20H23FN2O3/c1-3-12-26-20(25)16-6-10-18(11-7-16)22-19(24)14-23(2)13-15-4-8-17(21)9-5-15/h4-11H,3,12-14H2,1-2H3,(H,22,24)/p+1. The Morgan fingerprint density at radius 2 is 1.73 bits per heavy atom. The Labute approximate surface area is 152 Å². The maximum atomic E-state index is 12.9. The number of hydrogen-bond acceptors (Lipinski definition) is 3. The van der Waals surface area contributed by atoms with Gasteiger partial charge in [-0.05, 0) is 42.8 Å². The predicted octanol–water partition coefficient (Wildman–Crippen LogP) is 2.05. The van der Waals surface area contributed by atoms with Crippen LogP contribution < -0.4 is 10.2 Å². The number of rotatable bonds is 8. The Morgan fingerprint density at radius 1 is 1.08 bits per heavy atom. The number of amides is 1. The predicted molar refractivity (Wildman–Crippen MR) is 97.5 cm³/mol. The van der Waals surface area contributed by atoms with E-state index in [4.69, 9.17) is 4.74 Å². The van der Waals surface area contributed by atoms with Crippen molar-refractivity contribution in [2.45, 2.75) is 19.9 Å². The van der Waals surface area contributed by atoms with Gasteiger partial charge in [-0.1, -0.05) is 19.1 Å². The molecule has 0 spiro atoms. The van der Waals surface area contributed by atoms with E-state index >= 15 is 0 Å². The number of anilines is 1. The lowest BCUT2D eigenvalue weighted by Gasteiger charge is -2.14. The van der Waals surface area contributed by atoms with Crippen LogP contribution in [0.1, 0.15) is 29.3 Å². The molecule has 0 saturated heterocycles. The molecule has 138 valence electrons. The molecule has 0 bridgehead atoms. The molecule has 0 aliphatic rings. The average molecular weight is 359 g/mol. The molecular weight excluding hydrogens is 335 g/mol. The van der Waals surface area contributed by atoms with E-state index in [2.05, 4.69) is 5.32 Å². The summed E-state index contributed by atoms with van der Waals surface area (Å²) >= 11 is 0. The van der Waals surface area contributed by atoms with Crippen molar-refractivity contribution in [2.75, 3.05) is 25.5 Å². The number of ether oxygens (including phenoxy) is 1. The molecule has 0 saturated carbocycles. The molecule has 0 aliphatic heterocycles. The Balaban J connectivity index is 1.83. The molecule has 6 heteroatoms. The van der Waals surface area contributed by atoms with Gasteiger partial charge in [0.05, 0.1) is 19.2 Å². The van der Waals surface area contributed by atoms with Crippen LogP contribution in [0.15, 0.2) is 48.5 Å². The second-order valence-corrected chi connectivity index (χ2v) is 6.20. The Kier molecular flexibility index (Phi) is 7.29. The fraction of sp³-hybridized carbons (Fsp3) is 0.300. The molecule has 2 N–H and O–H groups in total. The molecule has 0 radical (unpaired) electrons. The van der Waals surface area contributed by atoms with Gasteiger partial charge in [0.15, 0.2) is 6.54 Å². The lowest BCUT2D eigenvalue weighted by Crippen LogP contribution is -3.08. The van der Waals surface area contributed by atoms with Gasteiger partial charge in [0, 0.05) is 11.3 Å². The third kappa shape index (κ3) is 6.29. The largest absolute Gasteiger partial charge is 0.462 e. The summed E-state index contributed by atoms with van der Waals surface area (Å²) in [6, 6.07) is 12.9. The average Bonchev–Trinajstić information content (AvgIpc) is 2.62. The van der Waals surface area contributed by atoms with E-state index in [1.807, 2.05) is 14.0 Å². The van der Waals surface area contributed by atoms with Crippen molar-refractivity contribution in [1.82, 2.24) is 0 Å². The first-order valence-corrected chi connectivity index (χ1v) is 8.60. The Bertz CT molecular complexity index is 730. The number of carbonyl (C=O) groups excluding carboxylic acids is 2. The van der Waals surface area contributed by atoms with Crippen LogP contribution in [0.2, 0.25) is 0 Å². The Hall–Kier alpha value is -2.73. The molecule has 2 aromatic rings. The van der Waals surface area contributed by atoms with Crippen LogP contribution >= 0.6 is 0 Å². The van der Waals surface area contributed by atoms with E-state index in [9.17, 15) is 14.0 Å². The molecule has 1 atom stereocenters. The van der Waals surface area contributed by atoms with Gasteiger partial charge < -0.3 is 15.0 Å². The SMILES string of the molecule is CCCOC(=O)c1ccc(NC(=O)C[NH+](C)Cc2ccc(F)cc2)cc1. The van der Waals surface area contributed by atoms with Gasteiger partial charge >= 0.3 is 5.97 Å². The lowest BCUT2D eigenvalue weighted by molar-refractivity contribution is -0.885. The van der Waals surface area contributed by atoms with E-state index < -0.39 is 0 Å². The minimum Gasteiger partial charge on any atom is -0.462 e. The summed E-state index contributed by atoms with van der Waals surface area (Å²) in [7, 11) is 1.90. The quantitative estimate of drug-likeness (QED) is 0.709. The summed E-state index contributed by atoms with van der Waals surface area (Å²) in [6.07, 6.45) is 0.771. The monoisotopic (exact) mass is 359 g/mol. The molecule has 0 fully saturated rings. The summed E-state index contributed by atoms with van der Waals surface area (Å²) in [5.41, 5.74) is 2.04. The lowest BCUT2D eigenvalue weighted by atomic mass is 10.2. The Morgan fingerprint density at radius 3 is 2.35 bits per heavy atom. The highest BCUT2D eigenvalue weighted by Gasteiger charge is 2.12. The molecule has 26 heavy (non-hydrogen) atoms. The van der Waals surface area contributed by atoms with Crippen LogP contribution in [0.3, 0.4) is 0 Å². The van der Waals surface area contributed by atoms with Crippen LogP contribution in [0.25, 0.3) is 0 Å². The number of esters is 1. The third-order valence-corrected chi connectivity index (χ3v) is 3.72. The van der Waals surface area contributed by atoms with Gasteiger partial charge in [0.2, 0.25) is 0 Å². The number of hydrogen-bond donors (Lipinski definition) is 2. The molecule has 1 unspecified atom stereocenters.